The summed E-state index contributed by atoms with van der Waals surface area (Å²) >= 11 is 7.15. The molecule has 0 radical (unpaired) electrons. The van der Waals surface area contributed by atoms with E-state index in [1.165, 1.54) is 17.4 Å². The highest BCUT2D eigenvalue weighted by atomic mass is 35.5. The molecule has 2 aromatic heterocycles. The second kappa shape index (κ2) is 10.2. The molecular formula is C24H19ClF3N3OS. The van der Waals surface area contributed by atoms with Crippen LogP contribution in [0.4, 0.5) is 24.0 Å². The van der Waals surface area contributed by atoms with Gasteiger partial charge in [0, 0.05) is 34.0 Å². The Morgan fingerprint density at radius 2 is 1.88 bits per heavy atom. The van der Waals surface area contributed by atoms with E-state index < -0.39 is 11.7 Å². The van der Waals surface area contributed by atoms with Crippen LogP contribution < -0.4 is 10.1 Å². The molecule has 0 aliphatic heterocycles. The van der Waals surface area contributed by atoms with Gasteiger partial charge in [-0.2, -0.15) is 13.2 Å². The van der Waals surface area contributed by atoms with E-state index in [4.69, 9.17) is 16.3 Å². The van der Waals surface area contributed by atoms with Gasteiger partial charge in [0.15, 0.2) is 5.13 Å². The van der Waals surface area contributed by atoms with Gasteiger partial charge >= 0.3 is 6.18 Å². The number of alkyl halides is 3. The van der Waals surface area contributed by atoms with Crippen LogP contribution in [0, 0.1) is 0 Å². The van der Waals surface area contributed by atoms with E-state index in [2.05, 4.69) is 15.3 Å². The van der Waals surface area contributed by atoms with Crippen LogP contribution in [-0.4, -0.2) is 16.6 Å². The lowest BCUT2D eigenvalue weighted by atomic mass is 10.0. The lowest BCUT2D eigenvalue weighted by molar-refractivity contribution is -0.138. The quantitative estimate of drug-likeness (QED) is 0.258. The molecule has 4 nitrogen and oxygen atoms in total. The predicted molar refractivity (Wildman–Crippen MR) is 125 cm³/mol. The zero-order valence-corrected chi connectivity index (χ0v) is 18.8. The van der Waals surface area contributed by atoms with Gasteiger partial charge in [-0.05, 0) is 66.9 Å². The number of anilines is 2. The highest BCUT2D eigenvalue weighted by Crippen LogP contribution is 2.36. The molecule has 0 atom stereocenters. The van der Waals surface area contributed by atoms with Crippen molar-refractivity contribution >= 4 is 33.8 Å². The molecule has 0 aliphatic rings. The van der Waals surface area contributed by atoms with E-state index in [-0.39, 0.29) is 12.0 Å². The summed E-state index contributed by atoms with van der Waals surface area (Å²) in [6, 6.07) is 14.8. The van der Waals surface area contributed by atoms with Gasteiger partial charge in [0.2, 0.25) is 0 Å². The van der Waals surface area contributed by atoms with Gasteiger partial charge in [-0.25, -0.2) is 4.98 Å². The molecule has 0 amide bonds. The van der Waals surface area contributed by atoms with E-state index in [1.54, 1.807) is 48.8 Å². The average molecular weight is 490 g/mol. The Hall–Kier alpha value is -3.10. The zero-order chi connectivity index (χ0) is 23.3. The molecule has 0 unspecified atom stereocenters. The number of rotatable bonds is 8. The van der Waals surface area contributed by atoms with E-state index in [0.717, 1.165) is 11.6 Å². The number of nitrogens with zero attached hydrogens (tertiary/aromatic N) is 2. The van der Waals surface area contributed by atoms with Gasteiger partial charge in [-0.3, -0.25) is 4.98 Å². The molecule has 1 N–H and O–H groups in total. The monoisotopic (exact) mass is 489 g/mol. The number of hydrogen-bond acceptors (Lipinski definition) is 5. The molecule has 0 saturated carbocycles. The van der Waals surface area contributed by atoms with Crippen molar-refractivity contribution in [3.63, 3.8) is 0 Å². The Morgan fingerprint density at radius 1 is 1.06 bits per heavy atom. The maximum absolute atomic E-state index is 13.7. The third kappa shape index (κ3) is 6.24. The molecular weight excluding hydrogens is 471 g/mol. The minimum Gasteiger partial charge on any atom is -0.494 e. The molecule has 4 rings (SSSR count). The van der Waals surface area contributed by atoms with Crippen molar-refractivity contribution in [3.05, 3.63) is 88.5 Å². The number of pyridine rings is 1. The summed E-state index contributed by atoms with van der Waals surface area (Å²) < 4.78 is 46.7. The Morgan fingerprint density at radius 3 is 2.61 bits per heavy atom. The Balaban J connectivity index is 1.42. The fourth-order valence-electron chi connectivity index (χ4n) is 3.22. The lowest BCUT2D eigenvalue weighted by Crippen LogP contribution is -2.11. The van der Waals surface area contributed by atoms with Crippen LogP contribution in [0.3, 0.4) is 0 Å². The SMILES string of the molecule is FC(F)(F)c1cc(Nc2nc(-c3cccnc3)cs2)ccc1CCCOc1ccc(Cl)cc1. The number of aryl methyl sites for hydroxylation is 1. The number of nitrogens with one attached hydrogen (secondary N) is 1. The fraction of sp³-hybridized carbons (Fsp3) is 0.167. The van der Waals surface area contributed by atoms with Crippen LogP contribution in [0.25, 0.3) is 11.3 Å². The van der Waals surface area contributed by atoms with E-state index in [9.17, 15) is 13.2 Å². The molecule has 0 saturated heterocycles. The molecule has 170 valence electrons. The molecule has 0 bridgehead atoms. The van der Waals surface area contributed by atoms with Crippen molar-refractivity contribution in [3.8, 4) is 17.0 Å². The highest BCUT2D eigenvalue weighted by Gasteiger charge is 2.33. The molecule has 2 aromatic carbocycles. The number of benzene rings is 2. The van der Waals surface area contributed by atoms with Gasteiger partial charge in [-0.15, -0.1) is 11.3 Å². The second-order valence-electron chi connectivity index (χ2n) is 7.18. The summed E-state index contributed by atoms with van der Waals surface area (Å²) in [7, 11) is 0. The van der Waals surface area contributed by atoms with Gasteiger partial charge < -0.3 is 10.1 Å². The van der Waals surface area contributed by atoms with Crippen LogP contribution in [0.5, 0.6) is 5.75 Å². The highest BCUT2D eigenvalue weighted by molar-refractivity contribution is 7.14. The van der Waals surface area contributed by atoms with Crippen molar-refractivity contribution < 1.29 is 17.9 Å². The van der Waals surface area contributed by atoms with Gasteiger partial charge in [0.25, 0.3) is 0 Å². The minimum absolute atomic E-state index is 0.225. The number of aromatic nitrogens is 2. The Kier molecular flexibility index (Phi) is 7.15. The van der Waals surface area contributed by atoms with Crippen LogP contribution in [-0.2, 0) is 12.6 Å². The van der Waals surface area contributed by atoms with Crippen molar-refractivity contribution in [1.82, 2.24) is 9.97 Å². The molecule has 0 aliphatic carbocycles. The van der Waals surface area contributed by atoms with E-state index >= 15 is 0 Å². The van der Waals surface area contributed by atoms with Gasteiger partial charge in [0.05, 0.1) is 17.9 Å². The third-order valence-electron chi connectivity index (χ3n) is 4.80. The van der Waals surface area contributed by atoms with Crippen molar-refractivity contribution in [1.29, 1.82) is 0 Å². The first-order valence-electron chi connectivity index (χ1n) is 10.1. The van der Waals surface area contributed by atoms with E-state index in [0.29, 0.717) is 40.3 Å². The number of halogens is 4. The van der Waals surface area contributed by atoms with Crippen LogP contribution in [0.15, 0.2) is 72.4 Å². The number of hydrogen-bond donors (Lipinski definition) is 1. The number of thiazole rings is 1. The summed E-state index contributed by atoms with van der Waals surface area (Å²) in [5.41, 5.74) is 1.44. The summed E-state index contributed by atoms with van der Waals surface area (Å²) in [4.78, 5) is 8.51. The molecule has 33 heavy (non-hydrogen) atoms. The van der Waals surface area contributed by atoms with Crippen molar-refractivity contribution in [2.75, 3.05) is 11.9 Å². The van der Waals surface area contributed by atoms with Crippen LogP contribution in [0.2, 0.25) is 5.02 Å². The normalized spacial score (nSPS) is 11.4. The first kappa shape index (κ1) is 23.1. The largest absolute Gasteiger partial charge is 0.494 e. The lowest BCUT2D eigenvalue weighted by Gasteiger charge is -2.15. The first-order chi connectivity index (χ1) is 15.9. The first-order valence-corrected chi connectivity index (χ1v) is 11.4. The molecule has 2 heterocycles. The molecule has 0 spiro atoms. The second-order valence-corrected chi connectivity index (χ2v) is 8.47. The third-order valence-corrected chi connectivity index (χ3v) is 5.81. The average Bonchev–Trinajstić information content (AvgIpc) is 3.27. The fourth-order valence-corrected chi connectivity index (χ4v) is 4.09. The zero-order valence-electron chi connectivity index (χ0n) is 17.3. The molecule has 4 aromatic rings. The van der Waals surface area contributed by atoms with Crippen molar-refractivity contribution in [2.24, 2.45) is 0 Å². The maximum atomic E-state index is 13.7. The predicted octanol–water partition coefficient (Wildman–Crippen LogP) is 7.63. The summed E-state index contributed by atoms with van der Waals surface area (Å²) in [6.45, 7) is 0.301. The summed E-state index contributed by atoms with van der Waals surface area (Å²) in [5, 5.41) is 5.91. The maximum Gasteiger partial charge on any atom is 0.416 e. The smallest absolute Gasteiger partial charge is 0.416 e. The minimum atomic E-state index is -4.46. The van der Waals surface area contributed by atoms with Gasteiger partial charge in [0.1, 0.15) is 5.75 Å². The summed E-state index contributed by atoms with van der Waals surface area (Å²) in [6.07, 6.45) is -0.427. The molecule has 9 heteroatoms. The Bertz CT molecular complexity index is 1200. The van der Waals surface area contributed by atoms with Crippen molar-refractivity contribution in [2.45, 2.75) is 19.0 Å². The number of ether oxygens (including phenoxy) is 1. The van der Waals surface area contributed by atoms with E-state index in [1.807, 2.05) is 11.4 Å². The van der Waals surface area contributed by atoms with Gasteiger partial charge in [-0.1, -0.05) is 17.7 Å². The Labute approximate surface area is 198 Å². The topological polar surface area (TPSA) is 47.0 Å². The van der Waals surface area contributed by atoms with Crippen LogP contribution in [0.1, 0.15) is 17.5 Å². The van der Waals surface area contributed by atoms with Crippen LogP contribution >= 0.6 is 22.9 Å². The molecule has 0 fully saturated rings. The standard InChI is InChI=1S/C24H19ClF3N3OS/c25-18-6-9-20(10-7-18)32-12-2-4-16-5-8-19(13-21(16)24(26,27)28)30-23-31-22(15-33-23)17-3-1-11-29-14-17/h1,3,5-11,13-15H,2,4,12H2,(H,30,31). The summed E-state index contributed by atoms with van der Waals surface area (Å²) in [5.74, 6) is 0.629.